The van der Waals surface area contributed by atoms with E-state index in [1.54, 1.807) is 49.6 Å². The lowest BCUT2D eigenvalue weighted by atomic mass is 10.1. The summed E-state index contributed by atoms with van der Waals surface area (Å²) in [6.45, 7) is 0.0921. The fourth-order valence-electron chi connectivity index (χ4n) is 2.41. The molecule has 128 valence electrons. The van der Waals surface area contributed by atoms with Gasteiger partial charge in [0.25, 0.3) is 5.56 Å². The number of ether oxygens (including phenoxy) is 1. The summed E-state index contributed by atoms with van der Waals surface area (Å²) in [6, 6.07) is 13.5. The van der Waals surface area contributed by atoms with Crippen LogP contribution in [0.3, 0.4) is 0 Å². The number of anilines is 1. The van der Waals surface area contributed by atoms with Crippen molar-refractivity contribution in [3.05, 3.63) is 69.5 Å². The summed E-state index contributed by atoms with van der Waals surface area (Å²) < 4.78 is 5.18. The zero-order chi connectivity index (χ0) is 17.8. The topological polar surface area (TPSA) is 83.2 Å². The molecule has 0 bridgehead atoms. The van der Waals surface area contributed by atoms with Gasteiger partial charge in [0.1, 0.15) is 5.75 Å². The van der Waals surface area contributed by atoms with E-state index in [-0.39, 0.29) is 12.1 Å². The number of amides is 2. The Morgan fingerprint density at radius 2 is 2.04 bits per heavy atom. The van der Waals surface area contributed by atoms with Crippen LogP contribution < -0.4 is 20.9 Å². The van der Waals surface area contributed by atoms with Gasteiger partial charge in [-0.25, -0.2) is 4.79 Å². The van der Waals surface area contributed by atoms with Crippen LogP contribution >= 0.6 is 11.6 Å². The minimum absolute atomic E-state index is 0.0921. The number of methoxy groups -OCH3 is 1. The van der Waals surface area contributed by atoms with Crippen LogP contribution in [-0.4, -0.2) is 18.1 Å². The first-order valence-electron chi connectivity index (χ1n) is 7.55. The number of carbonyl (C=O) groups excluding carboxylic acids is 1. The monoisotopic (exact) mass is 357 g/mol. The van der Waals surface area contributed by atoms with Gasteiger partial charge in [0, 0.05) is 33.7 Å². The maximum atomic E-state index is 12.1. The van der Waals surface area contributed by atoms with Crippen molar-refractivity contribution in [2.45, 2.75) is 6.54 Å². The zero-order valence-electron chi connectivity index (χ0n) is 13.4. The lowest BCUT2D eigenvalue weighted by Crippen LogP contribution is -2.30. The highest BCUT2D eigenvalue weighted by Gasteiger charge is 2.07. The van der Waals surface area contributed by atoms with E-state index in [0.717, 1.165) is 5.39 Å². The number of H-pyrrole nitrogens is 1. The molecule has 0 spiro atoms. The third kappa shape index (κ3) is 4.10. The van der Waals surface area contributed by atoms with E-state index in [1.165, 1.54) is 0 Å². The number of nitrogens with one attached hydrogen (secondary N) is 3. The van der Waals surface area contributed by atoms with Crippen molar-refractivity contribution in [1.82, 2.24) is 10.3 Å². The molecule has 0 atom stereocenters. The number of carbonyl (C=O) groups is 1. The first-order valence-corrected chi connectivity index (χ1v) is 7.93. The lowest BCUT2D eigenvalue weighted by molar-refractivity contribution is 0.251. The van der Waals surface area contributed by atoms with Crippen molar-refractivity contribution in [2.75, 3.05) is 12.4 Å². The molecule has 3 rings (SSSR count). The molecule has 3 N–H and O–H groups in total. The Kier molecular flexibility index (Phi) is 4.90. The highest BCUT2D eigenvalue weighted by atomic mass is 35.5. The van der Waals surface area contributed by atoms with E-state index < -0.39 is 6.03 Å². The van der Waals surface area contributed by atoms with Crippen molar-refractivity contribution < 1.29 is 9.53 Å². The Labute approximate surface area is 148 Å². The zero-order valence-corrected chi connectivity index (χ0v) is 14.2. The molecule has 0 radical (unpaired) electrons. The highest BCUT2D eigenvalue weighted by Crippen LogP contribution is 2.19. The number of hydrogen-bond donors (Lipinski definition) is 3. The normalized spacial score (nSPS) is 10.5. The fraction of sp³-hybridized carbons (Fsp3) is 0.111. The molecule has 6 nitrogen and oxygen atoms in total. The van der Waals surface area contributed by atoms with Crippen LogP contribution in [0, 0.1) is 0 Å². The van der Waals surface area contributed by atoms with Crippen molar-refractivity contribution in [1.29, 1.82) is 0 Å². The van der Waals surface area contributed by atoms with E-state index in [9.17, 15) is 9.59 Å². The van der Waals surface area contributed by atoms with E-state index in [2.05, 4.69) is 15.6 Å². The second-order valence-corrected chi connectivity index (χ2v) is 5.83. The fourth-order valence-corrected chi connectivity index (χ4v) is 2.60. The minimum Gasteiger partial charge on any atom is -0.497 e. The minimum atomic E-state index is -0.424. The second-order valence-electron chi connectivity index (χ2n) is 5.39. The number of aromatic amines is 1. The Morgan fingerprint density at radius 1 is 1.20 bits per heavy atom. The van der Waals surface area contributed by atoms with Crippen LogP contribution in [0.4, 0.5) is 10.5 Å². The van der Waals surface area contributed by atoms with E-state index >= 15 is 0 Å². The summed E-state index contributed by atoms with van der Waals surface area (Å²) in [6.07, 6.45) is 0. The number of fused-ring (bicyclic) bond motifs is 1. The van der Waals surface area contributed by atoms with Crippen LogP contribution in [0.25, 0.3) is 10.9 Å². The Hall–Kier alpha value is -2.99. The van der Waals surface area contributed by atoms with Gasteiger partial charge >= 0.3 is 6.03 Å². The van der Waals surface area contributed by atoms with Crippen molar-refractivity contribution in [2.24, 2.45) is 0 Å². The number of urea groups is 1. The number of halogens is 1. The molecule has 0 aliphatic carbocycles. The summed E-state index contributed by atoms with van der Waals surface area (Å²) in [5, 5.41) is 6.67. The molecular weight excluding hydrogens is 342 g/mol. The van der Waals surface area contributed by atoms with Crippen LogP contribution in [0.5, 0.6) is 5.75 Å². The molecule has 0 unspecified atom stereocenters. The molecule has 7 heteroatoms. The smallest absolute Gasteiger partial charge is 0.319 e. The van der Waals surface area contributed by atoms with Crippen LogP contribution in [0.2, 0.25) is 5.02 Å². The van der Waals surface area contributed by atoms with Gasteiger partial charge in [0.05, 0.1) is 7.11 Å². The molecule has 0 fully saturated rings. The highest BCUT2D eigenvalue weighted by molar-refractivity contribution is 6.30. The van der Waals surface area contributed by atoms with Crippen LogP contribution in [0.15, 0.2) is 53.3 Å². The summed E-state index contributed by atoms with van der Waals surface area (Å²) in [5.41, 5.74) is 1.47. The Balaban J connectivity index is 1.72. The molecule has 1 heterocycles. The molecule has 0 aliphatic rings. The lowest BCUT2D eigenvalue weighted by Gasteiger charge is -2.09. The van der Waals surface area contributed by atoms with Gasteiger partial charge in [-0.15, -0.1) is 0 Å². The number of aromatic nitrogens is 1. The average molecular weight is 358 g/mol. The van der Waals surface area contributed by atoms with Crippen molar-refractivity contribution >= 4 is 34.2 Å². The van der Waals surface area contributed by atoms with Gasteiger partial charge in [-0.05, 0) is 42.5 Å². The third-order valence-electron chi connectivity index (χ3n) is 3.65. The molecule has 2 aromatic carbocycles. The third-order valence-corrected chi connectivity index (χ3v) is 3.89. The molecule has 0 saturated carbocycles. The first kappa shape index (κ1) is 16.9. The van der Waals surface area contributed by atoms with Gasteiger partial charge in [-0.3, -0.25) is 4.79 Å². The average Bonchev–Trinajstić information content (AvgIpc) is 2.59. The molecule has 0 aliphatic heterocycles. The summed E-state index contributed by atoms with van der Waals surface area (Å²) in [5.74, 6) is 0.692. The second kappa shape index (κ2) is 7.27. The largest absolute Gasteiger partial charge is 0.497 e. The number of rotatable bonds is 4. The SMILES string of the molecule is COc1ccc2[nH]c(=O)c(CNC(=O)Nc3cccc(Cl)c3)cc2c1. The molecule has 2 amide bonds. The van der Waals surface area contributed by atoms with E-state index in [0.29, 0.717) is 27.5 Å². The number of benzene rings is 2. The molecule has 1 aromatic heterocycles. The quantitative estimate of drug-likeness (QED) is 0.668. The molecular formula is C18H16ClN3O3. The summed E-state index contributed by atoms with van der Waals surface area (Å²) >= 11 is 5.87. The van der Waals surface area contributed by atoms with Gasteiger partial charge in [-0.2, -0.15) is 0 Å². The molecule has 25 heavy (non-hydrogen) atoms. The first-order chi connectivity index (χ1) is 12.0. The van der Waals surface area contributed by atoms with Gasteiger partial charge in [0.15, 0.2) is 0 Å². The number of hydrogen-bond acceptors (Lipinski definition) is 3. The summed E-state index contributed by atoms with van der Waals surface area (Å²) in [7, 11) is 1.58. The maximum absolute atomic E-state index is 12.1. The Morgan fingerprint density at radius 3 is 2.80 bits per heavy atom. The maximum Gasteiger partial charge on any atom is 0.319 e. The molecule has 0 saturated heterocycles. The predicted molar refractivity (Wildman–Crippen MR) is 98.4 cm³/mol. The Bertz CT molecular complexity index is 985. The van der Waals surface area contributed by atoms with Gasteiger partial charge < -0.3 is 20.4 Å². The van der Waals surface area contributed by atoms with E-state index in [1.807, 2.05) is 6.07 Å². The van der Waals surface area contributed by atoms with Gasteiger partial charge in [-0.1, -0.05) is 17.7 Å². The summed E-state index contributed by atoms with van der Waals surface area (Å²) in [4.78, 5) is 26.9. The van der Waals surface area contributed by atoms with E-state index in [4.69, 9.17) is 16.3 Å². The van der Waals surface area contributed by atoms with Crippen molar-refractivity contribution in [3.8, 4) is 5.75 Å². The van der Waals surface area contributed by atoms with Crippen LogP contribution in [0.1, 0.15) is 5.56 Å². The van der Waals surface area contributed by atoms with Crippen LogP contribution in [-0.2, 0) is 6.54 Å². The van der Waals surface area contributed by atoms with Crippen molar-refractivity contribution in [3.63, 3.8) is 0 Å². The standard InChI is InChI=1S/C18H16ClN3O3/c1-25-15-5-6-16-11(8-15)7-12(17(23)22-16)10-20-18(24)21-14-4-2-3-13(19)9-14/h2-9H,10H2,1H3,(H,22,23)(H2,20,21,24). The predicted octanol–water partition coefficient (Wildman–Crippen LogP) is 3.51. The van der Waals surface area contributed by atoms with Gasteiger partial charge in [0.2, 0.25) is 0 Å². The number of pyridine rings is 1. The molecule has 3 aromatic rings.